The van der Waals surface area contributed by atoms with Gasteiger partial charge in [-0.15, -0.1) is 0 Å². The number of rotatable bonds is 4. The average Bonchev–Trinajstić information content (AvgIpc) is 2.63. The molecule has 24 heavy (non-hydrogen) atoms. The molecule has 4 nitrogen and oxygen atoms in total. The Labute approximate surface area is 139 Å². The molecule has 0 aliphatic carbocycles. The number of benzene rings is 3. The fourth-order valence-electron chi connectivity index (χ4n) is 2.33. The number of esters is 1. The van der Waals surface area contributed by atoms with Crippen LogP contribution in [0.2, 0.25) is 0 Å². The maximum atomic E-state index is 12.3. The topological polar surface area (TPSA) is 63.6 Å². The van der Waals surface area contributed by atoms with Crippen molar-refractivity contribution in [1.29, 1.82) is 0 Å². The highest BCUT2D eigenvalue weighted by molar-refractivity contribution is 5.94. The molecule has 3 aromatic rings. The van der Waals surface area contributed by atoms with Crippen molar-refractivity contribution in [3.63, 3.8) is 0 Å². The summed E-state index contributed by atoms with van der Waals surface area (Å²) in [5.74, 6) is -1.39. The minimum Gasteiger partial charge on any atom is -0.478 e. The standard InChI is InChI=1S/C20H14O4/c21-19(22)16-11-12-17(14-7-3-1-4-8-14)18(13-16)24-20(23)15-9-5-2-6-10-15/h1-13H,(H,21,22). The molecule has 3 aromatic carbocycles. The first-order valence-corrected chi connectivity index (χ1v) is 7.35. The number of hydrogen-bond acceptors (Lipinski definition) is 3. The van der Waals surface area contributed by atoms with Crippen LogP contribution in [0.4, 0.5) is 0 Å². The lowest BCUT2D eigenvalue weighted by Gasteiger charge is -2.11. The Morgan fingerprint density at radius 2 is 1.38 bits per heavy atom. The molecule has 0 spiro atoms. The van der Waals surface area contributed by atoms with E-state index < -0.39 is 11.9 Å². The van der Waals surface area contributed by atoms with Gasteiger partial charge in [-0.2, -0.15) is 0 Å². The highest BCUT2D eigenvalue weighted by Gasteiger charge is 2.15. The van der Waals surface area contributed by atoms with Crippen molar-refractivity contribution in [1.82, 2.24) is 0 Å². The fourth-order valence-corrected chi connectivity index (χ4v) is 2.33. The zero-order valence-electron chi connectivity index (χ0n) is 12.7. The second kappa shape index (κ2) is 6.79. The lowest BCUT2D eigenvalue weighted by atomic mass is 10.0. The van der Waals surface area contributed by atoms with Crippen molar-refractivity contribution in [3.05, 3.63) is 90.0 Å². The third kappa shape index (κ3) is 3.33. The minimum absolute atomic E-state index is 0.0607. The Bertz CT molecular complexity index is 871. The largest absolute Gasteiger partial charge is 0.478 e. The van der Waals surface area contributed by atoms with Gasteiger partial charge >= 0.3 is 11.9 Å². The molecule has 0 radical (unpaired) electrons. The van der Waals surface area contributed by atoms with Gasteiger partial charge in [0, 0.05) is 5.56 Å². The van der Waals surface area contributed by atoms with Crippen LogP contribution >= 0.6 is 0 Å². The van der Waals surface area contributed by atoms with Crippen LogP contribution in [0.15, 0.2) is 78.9 Å². The normalized spacial score (nSPS) is 10.2. The molecule has 0 saturated heterocycles. The van der Waals surface area contributed by atoms with Gasteiger partial charge in [0.1, 0.15) is 5.75 Å². The van der Waals surface area contributed by atoms with E-state index in [-0.39, 0.29) is 11.3 Å². The van der Waals surface area contributed by atoms with Gasteiger partial charge in [-0.05, 0) is 35.9 Å². The molecule has 118 valence electrons. The van der Waals surface area contributed by atoms with Crippen LogP contribution in [0.5, 0.6) is 5.75 Å². The van der Waals surface area contributed by atoms with Crippen LogP contribution < -0.4 is 4.74 Å². The van der Waals surface area contributed by atoms with Crippen molar-refractivity contribution >= 4 is 11.9 Å². The lowest BCUT2D eigenvalue weighted by Crippen LogP contribution is -2.10. The Morgan fingerprint density at radius 1 is 0.750 bits per heavy atom. The van der Waals surface area contributed by atoms with Crippen molar-refractivity contribution in [2.45, 2.75) is 0 Å². The van der Waals surface area contributed by atoms with Crippen LogP contribution in [0, 0.1) is 0 Å². The van der Waals surface area contributed by atoms with Crippen molar-refractivity contribution < 1.29 is 19.4 Å². The summed E-state index contributed by atoms with van der Waals surface area (Å²) in [7, 11) is 0. The van der Waals surface area contributed by atoms with E-state index in [2.05, 4.69) is 0 Å². The average molecular weight is 318 g/mol. The Kier molecular flexibility index (Phi) is 4.38. The molecule has 0 saturated carbocycles. The molecule has 1 N–H and O–H groups in total. The zero-order valence-corrected chi connectivity index (χ0v) is 12.7. The maximum absolute atomic E-state index is 12.3. The van der Waals surface area contributed by atoms with Gasteiger partial charge in [-0.1, -0.05) is 48.5 Å². The third-order valence-electron chi connectivity index (χ3n) is 3.53. The van der Waals surface area contributed by atoms with Gasteiger partial charge in [0.05, 0.1) is 11.1 Å². The number of carboxylic acids is 1. The predicted octanol–water partition coefficient (Wildman–Crippen LogP) is 4.27. The van der Waals surface area contributed by atoms with Crippen LogP contribution in [-0.2, 0) is 0 Å². The van der Waals surface area contributed by atoms with Crippen molar-refractivity contribution in [3.8, 4) is 16.9 Å². The highest BCUT2D eigenvalue weighted by atomic mass is 16.5. The Hall–Kier alpha value is -3.40. The van der Waals surface area contributed by atoms with E-state index in [1.807, 2.05) is 30.3 Å². The number of carboxylic acid groups (broad SMARTS) is 1. The number of ether oxygens (including phenoxy) is 1. The zero-order chi connectivity index (χ0) is 16.9. The summed E-state index contributed by atoms with van der Waals surface area (Å²) in [6, 6.07) is 22.4. The maximum Gasteiger partial charge on any atom is 0.343 e. The number of carbonyl (C=O) groups is 2. The second-order valence-electron chi connectivity index (χ2n) is 5.14. The summed E-state index contributed by atoms with van der Waals surface area (Å²) >= 11 is 0. The van der Waals surface area contributed by atoms with Crippen LogP contribution in [-0.4, -0.2) is 17.0 Å². The van der Waals surface area contributed by atoms with E-state index in [9.17, 15) is 14.7 Å². The third-order valence-corrected chi connectivity index (χ3v) is 3.53. The van der Waals surface area contributed by atoms with E-state index in [0.717, 1.165) is 5.56 Å². The van der Waals surface area contributed by atoms with Crippen LogP contribution in [0.25, 0.3) is 11.1 Å². The molecule has 0 amide bonds. The second-order valence-corrected chi connectivity index (χ2v) is 5.14. The van der Waals surface area contributed by atoms with Crippen molar-refractivity contribution in [2.24, 2.45) is 0 Å². The van der Waals surface area contributed by atoms with Crippen LogP contribution in [0.3, 0.4) is 0 Å². The SMILES string of the molecule is O=C(O)c1ccc(-c2ccccc2)c(OC(=O)c2ccccc2)c1. The van der Waals surface area contributed by atoms with E-state index in [1.165, 1.54) is 12.1 Å². The first kappa shape index (κ1) is 15.5. The summed E-state index contributed by atoms with van der Waals surface area (Å²) in [4.78, 5) is 23.5. The van der Waals surface area contributed by atoms with Crippen molar-refractivity contribution in [2.75, 3.05) is 0 Å². The smallest absolute Gasteiger partial charge is 0.343 e. The molecule has 0 fully saturated rings. The molecule has 0 aromatic heterocycles. The molecule has 0 aliphatic heterocycles. The summed E-state index contributed by atoms with van der Waals surface area (Å²) in [5.41, 5.74) is 1.96. The first-order valence-electron chi connectivity index (χ1n) is 7.35. The summed E-state index contributed by atoms with van der Waals surface area (Å²) < 4.78 is 5.47. The van der Waals surface area contributed by atoms with Gasteiger partial charge in [0.2, 0.25) is 0 Å². The summed E-state index contributed by atoms with van der Waals surface area (Å²) in [5, 5.41) is 9.18. The van der Waals surface area contributed by atoms with Gasteiger partial charge < -0.3 is 9.84 Å². The Balaban J connectivity index is 2.02. The molecule has 0 atom stereocenters. The number of carbonyl (C=O) groups excluding carboxylic acids is 1. The summed E-state index contributed by atoms with van der Waals surface area (Å²) in [6.45, 7) is 0. The van der Waals surface area contributed by atoms with Gasteiger partial charge in [-0.25, -0.2) is 9.59 Å². The van der Waals surface area contributed by atoms with E-state index >= 15 is 0 Å². The molecule has 0 unspecified atom stereocenters. The lowest BCUT2D eigenvalue weighted by molar-refractivity contribution is 0.0688. The quantitative estimate of drug-likeness (QED) is 0.576. The molecule has 0 aliphatic rings. The minimum atomic E-state index is -1.08. The summed E-state index contributed by atoms with van der Waals surface area (Å²) in [6.07, 6.45) is 0. The van der Waals surface area contributed by atoms with E-state index in [0.29, 0.717) is 11.1 Å². The highest BCUT2D eigenvalue weighted by Crippen LogP contribution is 2.31. The Morgan fingerprint density at radius 3 is 2.00 bits per heavy atom. The fraction of sp³-hybridized carbons (Fsp3) is 0. The van der Waals surface area contributed by atoms with Gasteiger partial charge in [-0.3, -0.25) is 0 Å². The monoisotopic (exact) mass is 318 g/mol. The molecule has 0 bridgehead atoms. The van der Waals surface area contributed by atoms with E-state index in [1.54, 1.807) is 36.4 Å². The molecule has 4 heteroatoms. The molecular formula is C20H14O4. The molecule has 3 rings (SSSR count). The first-order chi connectivity index (χ1) is 11.6. The number of aromatic carboxylic acids is 1. The predicted molar refractivity (Wildman–Crippen MR) is 90.2 cm³/mol. The van der Waals surface area contributed by atoms with E-state index in [4.69, 9.17) is 4.74 Å². The molecule has 0 heterocycles. The van der Waals surface area contributed by atoms with Gasteiger partial charge in [0.25, 0.3) is 0 Å². The van der Waals surface area contributed by atoms with Gasteiger partial charge in [0.15, 0.2) is 0 Å². The van der Waals surface area contributed by atoms with Crippen LogP contribution in [0.1, 0.15) is 20.7 Å². The molecular weight excluding hydrogens is 304 g/mol. The number of hydrogen-bond donors (Lipinski definition) is 1.